The Kier molecular flexibility index (Phi) is 4.67. The van der Waals surface area contributed by atoms with Crippen LogP contribution in [0.1, 0.15) is 0 Å². The molecule has 0 saturated carbocycles. The molecule has 0 radical (unpaired) electrons. The van der Waals surface area contributed by atoms with E-state index in [1.54, 1.807) is 25.3 Å². The van der Waals surface area contributed by atoms with Crippen molar-refractivity contribution in [2.24, 2.45) is 0 Å². The van der Waals surface area contributed by atoms with Gasteiger partial charge in [-0.1, -0.05) is 0 Å². The molecule has 7 nitrogen and oxygen atoms in total. The molecule has 20 heavy (non-hydrogen) atoms. The molecule has 0 fully saturated rings. The lowest BCUT2D eigenvalue weighted by Crippen LogP contribution is -2.35. The van der Waals surface area contributed by atoms with Gasteiger partial charge in [-0.15, -0.1) is 0 Å². The van der Waals surface area contributed by atoms with Crippen LogP contribution in [0.25, 0.3) is 11.5 Å². The van der Waals surface area contributed by atoms with Crippen LogP contribution in [0.4, 0.5) is 0 Å². The number of nitrogens with zero attached hydrogens (tertiary/aromatic N) is 2. The van der Waals surface area contributed by atoms with E-state index in [4.69, 9.17) is 9.15 Å². The van der Waals surface area contributed by atoms with Gasteiger partial charge in [-0.2, -0.15) is 5.10 Å². The molecule has 0 aliphatic carbocycles. The van der Waals surface area contributed by atoms with Crippen molar-refractivity contribution in [1.82, 2.24) is 15.1 Å². The summed E-state index contributed by atoms with van der Waals surface area (Å²) in [4.78, 5) is 23.3. The molecule has 0 aromatic carbocycles. The van der Waals surface area contributed by atoms with Crippen molar-refractivity contribution < 1.29 is 13.9 Å². The van der Waals surface area contributed by atoms with Crippen molar-refractivity contribution in [3.8, 4) is 11.5 Å². The Bertz CT molecular complexity index is 619. The smallest absolute Gasteiger partial charge is 0.267 e. The molecule has 0 bridgehead atoms. The average Bonchev–Trinajstić information content (AvgIpc) is 2.95. The Hall–Kier alpha value is -2.41. The summed E-state index contributed by atoms with van der Waals surface area (Å²) in [6.07, 6.45) is 1.52. The summed E-state index contributed by atoms with van der Waals surface area (Å²) in [6, 6.07) is 6.37. The van der Waals surface area contributed by atoms with Gasteiger partial charge in [0.15, 0.2) is 5.76 Å². The highest BCUT2D eigenvalue weighted by Crippen LogP contribution is 2.14. The van der Waals surface area contributed by atoms with Crippen LogP contribution in [-0.2, 0) is 16.1 Å². The molecule has 2 heterocycles. The molecule has 0 aliphatic heterocycles. The third-order valence-corrected chi connectivity index (χ3v) is 2.56. The van der Waals surface area contributed by atoms with Gasteiger partial charge >= 0.3 is 0 Å². The number of hydrogen-bond acceptors (Lipinski definition) is 5. The van der Waals surface area contributed by atoms with E-state index in [1.165, 1.54) is 12.3 Å². The Balaban J connectivity index is 2.09. The molecular formula is C13H15N3O4. The number of carbonyl (C=O) groups is 1. The molecular weight excluding hydrogens is 262 g/mol. The van der Waals surface area contributed by atoms with Crippen LogP contribution < -0.4 is 10.9 Å². The molecule has 1 N–H and O–H groups in total. The SMILES string of the molecule is COCCNC(=O)Cn1nc(-c2ccco2)ccc1=O. The van der Waals surface area contributed by atoms with Crippen molar-refractivity contribution in [3.05, 3.63) is 40.9 Å². The number of methoxy groups -OCH3 is 1. The number of amides is 1. The Morgan fingerprint density at radius 1 is 1.45 bits per heavy atom. The highest BCUT2D eigenvalue weighted by atomic mass is 16.5. The van der Waals surface area contributed by atoms with E-state index in [-0.39, 0.29) is 18.0 Å². The molecule has 2 rings (SSSR count). The van der Waals surface area contributed by atoms with Gasteiger partial charge in [-0.3, -0.25) is 9.59 Å². The van der Waals surface area contributed by atoms with Crippen LogP contribution in [0.2, 0.25) is 0 Å². The van der Waals surface area contributed by atoms with Crippen molar-refractivity contribution in [2.75, 3.05) is 20.3 Å². The molecule has 0 saturated heterocycles. The Morgan fingerprint density at radius 3 is 3.00 bits per heavy atom. The molecule has 0 atom stereocenters. The molecule has 106 valence electrons. The van der Waals surface area contributed by atoms with E-state index in [0.717, 1.165) is 4.68 Å². The minimum Gasteiger partial charge on any atom is -0.463 e. The summed E-state index contributed by atoms with van der Waals surface area (Å²) in [7, 11) is 1.55. The van der Waals surface area contributed by atoms with Gasteiger partial charge in [-0.25, -0.2) is 4.68 Å². The molecule has 1 amide bonds. The second kappa shape index (κ2) is 6.67. The number of ether oxygens (including phenoxy) is 1. The Morgan fingerprint density at radius 2 is 2.30 bits per heavy atom. The molecule has 0 spiro atoms. The maximum Gasteiger partial charge on any atom is 0.267 e. The second-order valence-electron chi connectivity index (χ2n) is 4.03. The second-order valence-corrected chi connectivity index (χ2v) is 4.03. The fourth-order valence-corrected chi connectivity index (χ4v) is 1.60. The summed E-state index contributed by atoms with van der Waals surface area (Å²) in [5.41, 5.74) is 0.154. The number of carbonyl (C=O) groups excluding carboxylic acids is 1. The number of nitrogens with one attached hydrogen (secondary N) is 1. The highest BCUT2D eigenvalue weighted by Gasteiger charge is 2.08. The topological polar surface area (TPSA) is 86.4 Å². The molecule has 2 aromatic rings. The first-order chi connectivity index (χ1) is 9.70. The van der Waals surface area contributed by atoms with E-state index in [2.05, 4.69) is 10.4 Å². The van der Waals surface area contributed by atoms with Gasteiger partial charge in [0.25, 0.3) is 5.56 Å². The van der Waals surface area contributed by atoms with Gasteiger partial charge < -0.3 is 14.5 Å². The normalized spacial score (nSPS) is 10.4. The maximum atomic E-state index is 11.7. The van der Waals surface area contributed by atoms with Gasteiger partial charge in [-0.05, 0) is 18.2 Å². The fraction of sp³-hybridized carbons (Fsp3) is 0.308. The van der Waals surface area contributed by atoms with E-state index in [0.29, 0.717) is 24.6 Å². The predicted octanol–water partition coefficient (Wildman–Crippen LogP) is 0.266. The van der Waals surface area contributed by atoms with E-state index in [1.807, 2.05) is 0 Å². The first-order valence-electron chi connectivity index (χ1n) is 6.08. The minimum atomic E-state index is -0.345. The van der Waals surface area contributed by atoms with Crippen molar-refractivity contribution in [3.63, 3.8) is 0 Å². The lowest BCUT2D eigenvalue weighted by molar-refractivity contribution is -0.122. The molecule has 7 heteroatoms. The zero-order valence-corrected chi connectivity index (χ0v) is 11.0. The van der Waals surface area contributed by atoms with Crippen molar-refractivity contribution in [1.29, 1.82) is 0 Å². The lowest BCUT2D eigenvalue weighted by atomic mass is 10.3. The summed E-state index contributed by atoms with van der Waals surface area (Å²) >= 11 is 0. The van der Waals surface area contributed by atoms with Crippen LogP contribution in [0.5, 0.6) is 0 Å². The molecule has 0 unspecified atom stereocenters. The summed E-state index contributed by atoms with van der Waals surface area (Å²) < 4.78 is 11.1. The lowest BCUT2D eigenvalue weighted by Gasteiger charge is -2.07. The van der Waals surface area contributed by atoms with Crippen molar-refractivity contribution >= 4 is 5.91 Å². The first kappa shape index (κ1) is 14.0. The third kappa shape index (κ3) is 3.55. The predicted molar refractivity (Wildman–Crippen MR) is 71.1 cm³/mol. The van der Waals surface area contributed by atoms with E-state index in [9.17, 15) is 9.59 Å². The standard InChI is InChI=1S/C13H15N3O4/c1-19-8-6-14-12(17)9-16-13(18)5-4-10(15-16)11-3-2-7-20-11/h2-5,7H,6,8-9H2,1H3,(H,14,17). The fourth-order valence-electron chi connectivity index (χ4n) is 1.60. The highest BCUT2D eigenvalue weighted by molar-refractivity contribution is 5.75. The minimum absolute atomic E-state index is 0.142. The van der Waals surface area contributed by atoms with Crippen molar-refractivity contribution in [2.45, 2.75) is 6.54 Å². The monoisotopic (exact) mass is 277 g/mol. The van der Waals surface area contributed by atoms with Crippen LogP contribution in [-0.4, -0.2) is 35.9 Å². The van der Waals surface area contributed by atoms with Gasteiger partial charge in [0.1, 0.15) is 12.2 Å². The number of rotatable bonds is 6. The van der Waals surface area contributed by atoms with E-state index >= 15 is 0 Å². The average molecular weight is 277 g/mol. The largest absolute Gasteiger partial charge is 0.463 e. The van der Waals surface area contributed by atoms with Gasteiger partial charge in [0.2, 0.25) is 5.91 Å². The zero-order valence-electron chi connectivity index (χ0n) is 11.0. The van der Waals surface area contributed by atoms with Crippen LogP contribution >= 0.6 is 0 Å². The number of hydrogen-bond donors (Lipinski definition) is 1. The molecule has 0 aliphatic rings. The maximum absolute atomic E-state index is 11.7. The quantitative estimate of drug-likeness (QED) is 0.766. The van der Waals surface area contributed by atoms with E-state index < -0.39 is 0 Å². The summed E-state index contributed by atoms with van der Waals surface area (Å²) in [5.74, 6) is 0.242. The zero-order chi connectivity index (χ0) is 14.4. The van der Waals surface area contributed by atoms with Gasteiger partial charge in [0, 0.05) is 19.7 Å². The Labute approximate surface area is 115 Å². The first-order valence-corrected chi connectivity index (χ1v) is 6.08. The molecule has 2 aromatic heterocycles. The summed E-state index contributed by atoms with van der Waals surface area (Å²) in [5, 5.41) is 6.73. The van der Waals surface area contributed by atoms with Crippen LogP contribution in [0, 0.1) is 0 Å². The third-order valence-electron chi connectivity index (χ3n) is 2.56. The van der Waals surface area contributed by atoms with Gasteiger partial charge in [0.05, 0.1) is 12.9 Å². The number of aromatic nitrogens is 2. The summed E-state index contributed by atoms with van der Waals surface area (Å²) in [6.45, 7) is 0.666. The van der Waals surface area contributed by atoms with Crippen LogP contribution in [0.3, 0.4) is 0 Å². The van der Waals surface area contributed by atoms with Crippen LogP contribution in [0.15, 0.2) is 39.7 Å². The number of furan rings is 1.